The normalized spacial score (nSPS) is 11.8. The number of halogens is 5. The summed E-state index contributed by atoms with van der Waals surface area (Å²) < 4.78 is 40.7. The minimum Gasteiger partial charge on any atom is -0.406 e. The average molecular weight is 475 g/mol. The first kappa shape index (κ1) is 22.0. The van der Waals surface area contributed by atoms with Gasteiger partial charge in [0.25, 0.3) is 0 Å². The van der Waals surface area contributed by atoms with Gasteiger partial charge in [0.15, 0.2) is 0 Å². The van der Waals surface area contributed by atoms with Crippen LogP contribution in [0.2, 0.25) is 10.0 Å². The first-order valence-corrected chi connectivity index (χ1v) is 10.2. The Morgan fingerprint density at radius 2 is 1.50 bits per heavy atom. The number of aromatic nitrogens is 2. The molecule has 162 valence electrons. The zero-order chi connectivity index (χ0) is 22.7. The summed E-state index contributed by atoms with van der Waals surface area (Å²) in [7, 11) is 0. The van der Waals surface area contributed by atoms with Gasteiger partial charge < -0.3 is 9.72 Å². The van der Waals surface area contributed by atoms with E-state index < -0.39 is 6.36 Å². The van der Waals surface area contributed by atoms with Crippen LogP contribution in [-0.4, -0.2) is 16.3 Å². The van der Waals surface area contributed by atoms with Gasteiger partial charge >= 0.3 is 6.36 Å². The molecule has 8 heteroatoms. The maximum atomic E-state index is 12.3. The lowest BCUT2D eigenvalue weighted by atomic mass is 10.0. The van der Waals surface area contributed by atoms with Crippen LogP contribution in [0.4, 0.5) is 13.2 Å². The van der Waals surface area contributed by atoms with Crippen LogP contribution in [0.15, 0.2) is 72.9 Å². The van der Waals surface area contributed by atoms with E-state index >= 15 is 0 Å². The number of hydrogen-bond donors (Lipinski definition) is 1. The summed E-state index contributed by atoms with van der Waals surface area (Å²) in [6.45, 7) is 0. The second-order valence-corrected chi connectivity index (χ2v) is 7.68. The van der Waals surface area contributed by atoms with Crippen LogP contribution in [0.3, 0.4) is 0 Å². The highest BCUT2D eigenvalue weighted by molar-refractivity contribution is 6.36. The Labute approximate surface area is 192 Å². The SMILES string of the molecule is FC(F)(F)Oc1ccc(-c2ccc(/C=C/c3ncc(-c4ccc(Cl)cc4Cl)[nH]3)cc2)cc1. The third-order valence-corrected chi connectivity index (χ3v) is 5.13. The van der Waals surface area contributed by atoms with Crippen molar-refractivity contribution in [3.05, 3.63) is 94.4 Å². The molecule has 0 spiro atoms. The molecule has 1 N–H and O–H groups in total. The Morgan fingerprint density at radius 1 is 0.844 bits per heavy atom. The van der Waals surface area contributed by atoms with Crippen LogP contribution in [0, 0.1) is 0 Å². The van der Waals surface area contributed by atoms with E-state index in [4.69, 9.17) is 23.2 Å². The number of rotatable bonds is 5. The Balaban J connectivity index is 1.44. The second kappa shape index (κ2) is 9.10. The van der Waals surface area contributed by atoms with E-state index in [2.05, 4.69) is 14.7 Å². The van der Waals surface area contributed by atoms with E-state index in [0.717, 1.165) is 27.9 Å². The van der Waals surface area contributed by atoms with Gasteiger partial charge in [-0.25, -0.2) is 4.98 Å². The molecule has 0 fully saturated rings. The third-order valence-electron chi connectivity index (χ3n) is 4.58. The number of nitrogens with one attached hydrogen (secondary N) is 1. The highest BCUT2D eigenvalue weighted by atomic mass is 35.5. The number of nitrogens with zero attached hydrogens (tertiary/aromatic N) is 1. The predicted octanol–water partition coefficient (Wildman–Crippen LogP) is 8.12. The van der Waals surface area contributed by atoms with Gasteiger partial charge in [-0.1, -0.05) is 65.7 Å². The summed E-state index contributed by atoms with van der Waals surface area (Å²) in [5, 5.41) is 1.10. The molecule has 0 aliphatic heterocycles. The fourth-order valence-electron chi connectivity index (χ4n) is 3.08. The van der Waals surface area contributed by atoms with Crippen molar-refractivity contribution in [3.8, 4) is 28.1 Å². The molecule has 1 aromatic heterocycles. The largest absolute Gasteiger partial charge is 0.573 e. The first-order chi connectivity index (χ1) is 15.3. The minimum atomic E-state index is -4.70. The summed E-state index contributed by atoms with van der Waals surface area (Å²) in [4.78, 5) is 7.55. The van der Waals surface area contributed by atoms with Crippen molar-refractivity contribution in [1.82, 2.24) is 9.97 Å². The number of benzene rings is 3. The lowest BCUT2D eigenvalue weighted by Gasteiger charge is -2.09. The smallest absolute Gasteiger partial charge is 0.406 e. The van der Waals surface area contributed by atoms with Gasteiger partial charge in [0.05, 0.1) is 16.9 Å². The number of alkyl halides is 3. The lowest BCUT2D eigenvalue weighted by Crippen LogP contribution is -2.16. The minimum absolute atomic E-state index is 0.251. The molecular weight excluding hydrogens is 460 g/mol. The fourth-order valence-corrected chi connectivity index (χ4v) is 3.59. The van der Waals surface area contributed by atoms with E-state index in [0.29, 0.717) is 15.9 Å². The van der Waals surface area contributed by atoms with Gasteiger partial charge in [-0.15, -0.1) is 13.2 Å². The van der Waals surface area contributed by atoms with Gasteiger partial charge in [0.1, 0.15) is 11.6 Å². The van der Waals surface area contributed by atoms with E-state index in [1.807, 2.05) is 42.5 Å². The van der Waals surface area contributed by atoms with E-state index in [1.165, 1.54) is 12.1 Å². The summed E-state index contributed by atoms with van der Waals surface area (Å²) in [5.41, 5.74) is 4.18. The van der Waals surface area contributed by atoms with Crippen LogP contribution in [-0.2, 0) is 0 Å². The molecule has 0 radical (unpaired) electrons. The van der Waals surface area contributed by atoms with E-state index in [1.54, 1.807) is 30.5 Å². The average Bonchev–Trinajstić information content (AvgIpc) is 3.21. The molecule has 0 unspecified atom stereocenters. The molecule has 1 heterocycles. The number of ether oxygens (including phenoxy) is 1. The molecular formula is C24H15Cl2F3N2O. The van der Waals surface area contributed by atoms with Crippen LogP contribution >= 0.6 is 23.2 Å². The zero-order valence-electron chi connectivity index (χ0n) is 16.3. The lowest BCUT2D eigenvalue weighted by molar-refractivity contribution is -0.274. The summed E-state index contributed by atoms with van der Waals surface area (Å²) in [6.07, 6.45) is 0.733. The molecule has 3 nitrogen and oxygen atoms in total. The standard InChI is InChI=1S/C24H15Cl2F3N2O/c25-18-8-11-20(21(26)13-18)22-14-30-23(31-22)12-3-15-1-4-16(5-2-15)17-6-9-19(10-7-17)32-24(27,28)29/h1-14H,(H,30,31)/b12-3+. The molecule has 0 bridgehead atoms. The van der Waals surface area contributed by atoms with Gasteiger partial charge in [-0.3, -0.25) is 0 Å². The first-order valence-electron chi connectivity index (χ1n) is 9.42. The molecule has 0 atom stereocenters. The molecule has 32 heavy (non-hydrogen) atoms. The van der Waals surface area contributed by atoms with Crippen molar-refractivity contribution >= 4 is 35.4 Å². The molecule has 0 aliphatic carbocycles. The summed E-state index contributed by atoms with van der Waals surface area (Å²) in [6, 6.07) is 18.6. The van der Waals surface area contributed by atoms with Crippen molar-refractivity contribution < 1.29 is 17.9 Å². The summed E-state index contributed by atoms with van der Waals surface area (Å²) in [5.74, 6) is 0.411. The molecule has 0 aliphatic rings. The Morgan fingerprint density at radius 3 is 2.12 bits per heavy atom. The van der Waals surface area contributed by atoms with Crippen molar-refractivity contribution in [2.24, 2.45) is 0 Å². The predicted molar refractivity (Wildman–Crippen MR) is 122 cm³/mol. The van der Waals surface area contributed by atoms with Crippen molar-refractivity contribution in [3.63, 3.8) is 0 Å². The third kappa shape index (κ3) is 5.52. The molecule has 3 aromatic carbocycles. The maximum Gasteiger partial charge on any atom is 0.573 e. The number of aromatic amines is 1. The second-order valence-electron chi connectivity index (χ2n) is 6.83. The number of hydrogen-bond acceptors (Lipinski definition) is 2. The van der Waals surface area contributed by atoms with Crippen LogP contribution in [0.5, 0.6) is 5.75 Å². The van der Waals surface area contributed by atoms with Crippen LogP contribution < -0.4 is 4.74 Å². The van der Waals surface area contributed by atoms with Gasteiger partial charge in [-0.2, -0.15) is 0 Å². The summed E-state index contributed by atoms with van der Waals surface area (Å²) >= 11 is 12.2. The quantitative estimate of drug-likeness (QED) is 0.317. The fraction of sp³-hybridized carbons (Fsp3) is 0.0417. The van der Waals surface area contributed by atoms with E-state index in [9.17, 15) is 13.2 Å². The van der Waals surface area contributed by atoms with E-state index in [-0.39, 0.29) is 5.75 Å². The van der Waals surface area contributed by atoms with Gasteiger partial charge in [-0.05, 0) is 53.1 Å². The maximum absolute atomic E-state index is 12.3. The molecule has 0 saturated carbocycles. The number of H-pyrrole nitrogens is 1. The van der Waals surface area contributed by atoms with Crippen LogP contribution in [0.25, 0.3) is 34.5 Å². The molecule has 0 amide bonds. The molecule has 4 aromatic rings. The molecule has 4 rings (SSSR count). The Kier molecular flexibility index (Phi) is 6.26. The highest BCUT2D eigenvalue weighted by Gasteiger charge is 2.30. The van der Waals surface area contributed by atoms with Crippen molar-refractivity contribution in [1.29, 1.82) is 0 Å². The number of imidazole rings is 1. The highest BCUT2D eigenvalue weighted by Crippen LogP contribution is 2.30. The monoisotopic (exact) mass is 474 g/mol. The Hall–Kier alpha value is -3.22. The van der Waals surface area contributed by atoms with Crippen LogP contribution in [0.1, 0.15) is 11.4 Å². The van der Waals surface area contributed by atoms with Gasteiger partial charge in [0, 0.05) is 10.6 Å². The zero-order valence-corrected chi connectivity index (χ0v) is 17.8. The van der Waals surface area contributed by atoms with Gasteiger partial charge in [0.2, 0.25) is 0 Å². The Bertz CT molecular complexity index is 1250. The topological polar surface area (TPSA) is 37.9 Å². The molecule has 0 saturated heterocycles. The van der Waals surface area contributed by atoms with Crippen molar-refractivity contribution in [2.75, 3.05) is 0 Å². The van der Waals surface area contributed by atoms with Crippen molar-refractivity contribution in [2.45, 2.75) is 6.36 Å².